The highest BCUT2D eigenvalue weighted by Gasteiger charge is 2.25. The monoisotopic (exact) mass is 355 g/mol. The fraction of sp³-hybridized carbons (Fsp3) is 0.350. The van der Waals surface area contributed by atoms with Gasteiger partial charge in [0.05, 0.1) is 6.54 Å². The van der Waals surface area contributed by atoms with E-state index in [-0.39, 0.29) is 18.7 Å². The minimum Gasteiger partial charge on any atom is -0.486 e. The minimum atomic E-state index is -0.0616. The van der Waals surface area contributed by atoms with Crippen LogP contribution >= 0.6 is 0 Å². The number of para-hydroxylation sites is 1. The number of fused-ring (bicyclic) bond motifs is 2. The molecular weight excluding hydrogens is 334 g/mol. The molecule has 2 aromatic rings. The maximum atomic E-state index is 13.1. The van der Waals surface area contributed by atoms with E-state index >= 15 is 0 Å². The third-order valence-electron chi connectivity index (χ3n) is 4.49. The van der Waals surface area contributed by atoms with Crippen LogP contribution in [0.2, 0.25) is 0 Å². The summed E-state index contributed by atoms with van der Waals surface area (Å²) in [6, 6.07) is 11.1. The van der Waals surface area contributed by atoms with E-state index in [0.29, 0.717) is 42.6 Å². The first kappa shape index (κ1) is 16.6. The van der Waals surface area contributed by atoms with Crippen LogP contribution in [0.5, 0.6) is 23.0 Å². The van der Waals surface area contributed by atoms with Gasteiger partial charge in [-0.3, -0.25) is 4.79 Å². The van der Waals surface area contributed by atoms with E-state index in [1.165, 1.54) is 0 Å². The summed E-state index contributed by atoms with van der Waals surface area (Å²) in [6.07, 6.45) is 0. The molecule has 0 saturated carbocycles. The lowest BCUT2D eigenvalue weighted by molar-refractivity contribution is 0.0687. The first-order valence-corrected chi connectivity index (χ1v) is 8.71. The summed E-state index contributed by atoms with van der Waals surface area (Å²) >= 11 is 0. The lowest BCUT2D eigenvalue weighted by Gasteiger charge is -2.28. The molecule has 1 amide bonds. The Morgan fingerprint density at radius 2 is 1.81 bits per heavy atom. The van der Waals surface area contributed by atoms with Gasteiger partial charge < -0.3 is 23.8 Å². The number of hydrogen-bond donors (Lipinski definition) is 0. The lowest BCUT2D eigenvalue weighted by Crippen LogP contribution is -2.36. The van der Waals surface area contributed by atoms with Crippen LogP contribution in [0.4, 0.5) is 0 Å². The molecule has 0 saturated heterocycles. The quantitative estimate of drug-likeness (QED) is 0.843. The van der Waals surface area contributed by atoms with Crippen molar-refractivity contribution in [3.63, 3.8) is 0 Å². The van der Waals surface area contributed by atoms with Gasteiger partial charge >= 0.3 is 0 Å². The second-order valence-corrected chi connectivity index (χ2v) is 6.54. The Hall–Kier alpha value is -2.89. The van der Waals surface area contributed by atoms with Gasteiger partial charge in [-0.2, -0.15) is 0 Å². The first-order valence-electron chi connectivity index (χ1n) is 8.71. The molecule has 6 nitrogen and oxygen atoms in total. The Kier molecular flexibility index (Phi) is 4.32. The smallest absolute Gasteiger partial charge is 0.254 e. The van der Waals surface area contributed by atoms with E-state index in [1.54, 1.807) is 18.2 Å². The largest absolute Gasteiger partial charge is 0.486 e. The second-order valence-electron chi connectivity index (χ2n) is 6.54. The highest BCUT2D eigenvalue weighted by Crippen LogP contribution is 2.37. The van der Waals surface area contributed by atoms with E-state index in [1.807, 2.05) is 36.9 Å². The molecule has 2 heterocycles. The molecule has 0 radical (unpaired) electrons. The number of amides is 1. The predicted octanol–water partition coefficient (Wildman–Crippen LogP) is 3.24. The number of hydrogen-bond acceptors (Lipinski definition) is 5. The molecule has 4 rings (SSSR count). The van der Waals surface area contributed by atoms with E-state index in [0.717, 1.165) is 11.3 Å². The Morgan fingerprint density at radius 3 is 2.62 bits per heavy atom. The molecule has 2 aliphatic rings. The summed E-state index contributed by atoms with van der Waals surface area (Å²) in [6.45, 7) is 5.67. The Labute approximate surface area is 152 Å². The van der Waals surface area contributed by atoms with Crippen molar-refractivity contribution in [2.24, 2.45) is 0 Å². The fourth-order valence-corrected chi connectivity index (χ4v) is 3.13. The van der Waals surface area contributed by atoms with E-state index < -0.39 is 0 Å². The van der Waals surface area contributed by atoms with Gasteiger partial charge in [0.2, 0.25) is 6.79 Å². The van der Waals surface area contributed by atoms with Gasteiger partial charge in [0, 0.05) is 17.2 Å². The first-order chi connectivity index (χ1) is 12.6. The molecule has 2 aromatic carbocycles. The zero-order valence-electron chi connectivity index (χ0n) is 14.9. The molecule has 2 aliphatic heterocycles. The molecule has 0 aromatic heterocycles. The van der Waals surface area contributed by atoms with Crippen LogP contribution < -0.4 is 18.9 Å². The maximum absolute atomic E-state index is 13.1. The normalized spacial score (nSPS) is 14.4. The number of carbonyl (C=O) groups excluding carboxylic acids is 1. The number of nitrogens with zero attached hydrogens (tertiary/aromatic N) is 1. The van der Waals surface area contributed by atoms with Gasteiger partial charge in [-0.25, -0.2) is 0 Å². The van der Waals surface area contributed by atoms with Gasteiger partial charge in [-0.1, -0.05) is 12.1 Å². The molecule has 0 fully saturated rings. The molecule has 0 aliphatic carbocycles. The highest BCUT2D eigenvalue weighted by molar-refractivity contribution is 5.95. The van der Waals surface area contributed by atoms with Gasteiger partial charge in [0.25, 0.3) is 5.91 Å². The van der Waals surface area contributed by atoms with Crippen molar-refractivity contribution in [3.05, 3.63) is 47.5 Å². The fourth-order valence-electron chi connectivity index (χ4n) is 3.13. The molecular formula is C20H21NO5. The molecule has 0 unspecified atom stereocenters. The SMILES string of the molecule is CC(C)N(Cc1cccc2c1OCO2)C(=O)c1ccc2c(c1)OCCO2. The van der Waals surface area contributed by atoms with Gasteiger partial charge in [-0.05, 0) is 38.1 Å². The topological polar surface area (TPSA) is 57.2 Å². The van der Waals surface area contributed by atoms with E-state index in [2.05, 4.69) is 0 Å². The van der Waals surface area contributed by atoms with Crippen LogP contribution in [0.15, 0.2) is 36.4 Å². The number of carbonyl (C=O) groups is 1. The van der Waals surface area contributed by atoms with Crippen LogP contribution in [0, 0.1) is 0 Å². The zero-order valence-corrected chi connectivity index (χ0v) is 14.9. The van der Waals surface area contributed by atoms with Crippen molar-refractivity contribution in [1.29, 1.82) is 0 Å². The predicted molar refractivity (Wildman–Crippen MR) is 95.0 cm³/mol. The lowest BCUT2D eigenvalue weighted by atomic mass is 10.1. The molecule has 0 atom stereocenters. The second kappa shape index (κ2) is 6.78. The van der Waals surface area contributed by atoms with Crippen molar-refractivity contribution in [1.82, 2.24) is 4.90 Å². The number of benzene rings is 2. The van der Waals surface area contributed by atoms with Gasteiger partial charge in [0.1, 0.15) is 13.2 Å². The summed E-state index contributed by atoms with van der Waals surface area (Å²) in [4.78, 5) is 14.9. The highest BCUT2D eigenvalue weighted by atomic mass is 16.7. The van der Waals surface area contributed by atoms with Crippen molar-refractivity contribution < 1.29 is 23.7 Å². The molecule has 0 spiro atoms. The molecule has 136 valence electrons. The number of ether oxygens (including phenoxy) is 4. The molecule has 6 heteroatoms. The van der Waals surface area contributed by atoms with Gasteiger partial charge in [0.15, 0.2) is 23.0 Å². The van der Waals surface area contributed by atoms with E-state index in [9.17, 15) is 4.79 Å². The third kappa shape index (κ3) is 3.03. The summed E-state index contributed by atoms with van der Waals surface area (Å²) in [5.41, 5.74) is 1.51. The van der Waals surface area contributed by atoms with Crippen molar-refractivity contribution in [3.8, 4) is 23.0 Å². The van der Waals surface area contributed by atoms with Crippen LogP contribution in [-0.4, -0.2) is 36.9 Å². The molecule has 0 N–H and O–H groups in total. The van der Waals surface area contributed by atoms with Crippen LogP contribution in [0.1, 0.15) is 29.8 Å². The third-order valence-corrected chi connectivity index (χ3v) is 4.49. The van der Waals surface area contributed by atoms with Crippen LogP contribution in [0.25, 0.3) is 0 Å². The van der Waals surface area contributed by atoms with Crippen LogP contribution in [0.3, 0.4) is 0 Å². The van der Waals surface area contributed by atoms with Crippen molar-refractivity contribution >= 4 is 5.91 Å². The molecule has 0 bridgehead atoms. The average Bonchev–Trinajstić information content (AvgIpc) is 3.14. The Morgan fingerprint density at radius 1 is 1.00 bits per heavy atom. The van der Waals surface area contributed by atoms with Crippen LogP contribution in [-0.2, 0) is 6.54 Å². The van der Waals surface area contributed by atoms with E-state index in [4.69, 9.17) is 18.9 Å². The van der Waals surface area contributed by atoms with Crippen molar-refractivity contribution in [2.75, 3.05) is 20.0 Å². The average molecular weight is 355 g/mol. The summed E-state index contributed by atoms with van der Waals surface area (Å²) in [5.74, 6) is 2.66. The summed E-state index contributed by atoms with van der Waals surface area (Å²) in [7, 11) is 0. The Bertz CT molecular complexity index is 833. The maximum Gasteiger partial charge on any atom is 0.254 e. The molecule has 26 heavy (non-hydrogen) atoms. The zero-order chi connectivity index (χ0) is 18.1. The minimum absolute atomic E-state index is 0.0221. The standard InChI is InChI=1S/C20H21NO5/c1-13(2)21(11-15-4-3-5-17-19(15)26-12-25-17)20(22)14-6-7-16-18(10-14)24-9-8-23-16/h3-7,10,13H,8-9,11-12H2,1-2H3. The Balaban J connectivity index is 1.61. The van der Waals surface area contributed by atoms with Gasteiger partial charge in [-0.15, -0.1) is 0 Å². The summed E-state index contributed by atoms with van der Waals surface area (Å²) < 4.78 is 22.1. The number of rotatable bonds is 4. The van der Waals surface area contributed by atoms with Crippen molar-refractivity contribution in [2.45, 2.75) is 26.4 Å². The summed E-state index contributed by atoms with van der Waals surface area (Å²) in [5, 5.41) is 0.